The molecule has 0 spiro atoms. The molecule has 0 atom stereocenters. The summed E-state index contributed by atoms with van der Waals surface area (Å²) in [6.45, 7) is 1.11. The quantitative estimate of drug-likeness (QED) is 0.785. The maximum atomic E-state index is 13.3. The van der Waals surface area contributed by atoms with E-state index in [1.807, 2.05) is 0 Å². The van der Waals surface area contributed by atoms with Crippen LogP contribution in [0.2, 0.25) is 0 Å². The van der Waals surface area contributed by atoms with E-state index in [0.717, 1.165) is 6.07 Å². The van der Waals surface area contributed by atoms with Crippen molar-refractivity contribution >= 4 is 15.7 Å². The average molecular weight is 285 g/mol. The summed E-state index contributed by atoms with van der Waals surface area (Å²) in [7, 11) is -3.94. The third-order valence-corrected chi connectivity index (χ3v) is 3.94. The Balaban J connectivity index is 2.34. The minimum absolute atomic E-state index is 0.0987. The maximum absolute atomic E-state index is 13.3. The van der Waals surface area contributed by atoms with Gasteiger partial charge in [-0.25, -0.2) is 4.39 Å². The van der Waals surface area contributed by atoms with Crippen LogP contribution in [-0.2, 0) is 16.6 Å². The van der Waals surface area contributed by atoms with Gasteiger partial charge in [0.05, 0.1) is 18.5 Å². The fourth-order valence-corrected chi connectivity index (χ4v) is 2.68. The van der Waals surface area contributed by atoms with Crippen LogP contribution in [0.5, 0.6) is 0 Å². The molecule has 2 rings (SSSR count). The SMILES string of the molecule is Cc1ccc(NS(=O)(=O)c2[nH]ncc2CO)cc1F. The molecule has 0 bridgehead atoms. The molecule has 0 fully saturated rings. The Morgan fingerprint density at radius 3 is 2.84 bits per heavy atom. The molecule has 8 heteroatoms. The molecule has 0 aliphatic heterocycles. The summed E-state index contributed by atoms with van der Waals surface area (Å²) in [6, 6.07) is 4.00. The summed E-state index contributed by atoms with van der Waals surface area (Å²) >= 11 is 0. The second kappa shape index (κ2) is 4.98. The number of hydrogen-bond acceptors (Lipinski definition) is 4. The van der Waals surface area contributed by atoms with Gasteiger partial charge in [0.1, 0.15) is 5.82 Å². The summed E-state index contributed by atoms with van der Waals surface area (Å²) in [6.07, 6.45) is 1.21. The second-order valence-corrected chi connectivity index (χ2v) is 5.57. The lowest BCUT2D eigenvalue weighted by Gasteiger charge is -2.08. The molecule has 102 valence electrons. The number of aromatic nitrogens is 2. The highest BCUT2D eigenvalue weighted by Gasteiger charge is 2.20. The highest BCUT2D eigenvalue weighted by Crippen LogP contribution is 2.19. The number of aliphatic hydroxyl groups excluding tert-OH is 1. The van der Waals surface area contributed by atoms with E-state index in [2.05, 4.69) is 14.9 Å². The number of H-pyrrole nitrogens is 1. The number of anilines is 1. The van der Waals surface area contributed by atoms with Gasteiger partial charge in [0.25, 0.3) is 10.0 Å². The Labute approximate surface area is 109 Å². The summed E-state index contributed by atoms with van der Waals surface area (Å²) in [5.41, 5.74) is 0.655. The van der Waals surface area contributed by atoms with Gasteiger partial charge in [-0.3, -0.25) is 9.82 Å². The van der Waals surface area contributed by atoms with E-state index in [1.165, 1.54) is 18.3 Å². The van der Waals surface area contributed by atoms with Crippen LogP contribution in [0, 0.1) is 12.7 Å². The normalized spacial score (nSPS) is 11.5. The van der Waals surface area contributed by atoms with Crippen molar-refractivity contribution in [2.75, 3.05) is 4.72 Å². The van der Waals surface area contributed by atoms with Gasteiger partial charge in [0, 0.05) is 5.56 Å². The molecule has 0 amide bonds. The molecule has 3 N–H and O–H groups in total. The molecule has 2 aromatic rings. The van der Waals surface area contributed by atoms with Crippen molar-refractivity contribution in [3.05, 3.63) is 41.3 Å². The molecule has 0 unspecified atom stereocenters. The van der Waals surface area contributed by atoms with E-state index in [0.29, 0.717) is 5.56 Å². The van der Waals surface area contributed by atoms with Crippen LogP contribution >= 0.6 is 0 Å². The molecular weight excluding hydrogens is 273 g/mol. The smallest absolute Gasteiger partial charge is 0.279 e. The first-order chi connectivity index (χ1) is 8.94. The molecule has 0 saturated heterocycles. The molecule has 0 aliphatic rings. The molecule has 0 radical (unpaired) electrons. The van der Waals surface area contributed by atoms with Crippen LogP contribution in [0.25, 0.3) is 0 Å². The first-order valence-corrected chi connectivity index (χ1v) is 6.84. The van der Waals surface area contributed by atoms with Gasteiger partial charge in [-0.2, -0.15) is 13.5 Å². The van der Waals surface area contributed by atoms with Gasteiger partial charge in [0.15, 0.2) is 5.03 Å². The van der Waals surface area contributed by atoms with Gasteiger partial charge in [-0.05, 0) is 24.6 Å². The van der Waals surface area contributed by atoms with Crippen LogP contribution in [0.15, 0.2) is 29.4 Å². The first-order valence-electron chi connectivity index (χ1n) is 5.36. The minimum atomic E-state index is -3.94. The van der Waals surface area contributed by atoms with Crippen molar-refractivity contribution < 1.29 is 17.9 Å². The predicted octanol–water partition coefficient (Wildman–Crippen LogP) is 1.15. The molecule has 1 aromatic heterocycles. The topological polar surface area (TPSA) is 95.1 Å². The van der Waals surface area contributed by atoms with E-state index in [9.17, 15) is 12.8 Å². The standard InChI is InChI=1S/C11H12FN3O3S/c1-7-2-3-9(4-10(7)12)15-19(17,18)11-8(6-16)5-13-14-11/h2-5,15-16H,6H2,1H3,(H,13,14). The van der Waals surface area contributed by atoms with Gasteiger partial charge in [-0.15, -0.1) is 0 Å². The number of sulfonamides is 1. The summed E-state index contributed by atoms with van der Waals surface area (Å²) in [4.78, 5) is 0. The van der Waals surface area contributed by atoms with Crippen LogP contribution < -0.4 is 4.72 Å². The zero-order chi connectivity index (χ0) is 14.0. The van der Waals surface area contributed by atoms with Crippen molar-refractivity contribution in [1.82, 2.24) is 10.2 Å². The highest BCUT2D eigenvalue weighted by molar-refractivity contribution is 7.92. The molecule has 6 nitrogen and oxygen atoms in total. The number of halogens is 1. The van der Waals surface area contributed by atoms with Crippen LogP contribution in [0.3, 0.4) is 0 Å². The van der Waals surface area contributed by atoms with E-state index in [4.69, 9.17) is 5.11 Å². The highest BCUT2D eigenvalue weighted by atomic mass is 32.2. The predicted molar refractivity (Wildman–Crippen MR) is 66.5 cm³/mol. The van der Waals surface area contributed by atoms with E-state index in [-0.39, 0.29) is 16.3 Å². The monoisotopic (exact) mass is 285 g/mol. The van der Waals surface area contributed by atoms with Gasteiger partial charge < -0.3 is 5.11 Å². The lowest BCUT2D eigenvalue weighted by atomic mass is 10.2. The maximum Gasteiger partial charge on any atom is 0.279 e. The molecule has 1 heterocycles. The Morgan fingerprint density at radius 2 is 2.21 bits per heavy atom. The third-order valence-electron chi connectivity index (χ3n) is 2.54. The first kappa shape index (κ1) is 13.5. The summed E-state index contributed by atoms with van der Waals surface area (Å²) < 4.78 is 39.6. The molecular formula is C11H12FN3O3S. The van der Waals surface area contributed by atoms with Gasteiger partial charge in [-0.1, -0.05) is 6.07 Å². The molecule has 1 aromatic carbocycles. The fraction of sp³-hybridized carbons (Fsp3) is 0.182. The Morgan fingerprint density at radius 1 is 1.47 bits per heavy atom. The van der Waals surface area contributed by atoms with Crippen LogP contribution in [0.1, 0.15) is 11.1 Å². The van der Waals surface area contributed by atoms with Crippen molar-refractivity contribution in [1.29, 1.82) is 0 Å². The molecule has 0 aliphatic carbocycles. The zero-order valence-corrected chi connectivity index (χ0v) is 10.8. The number of rotatable bonds is 4. The summed E-state index contributed by atoms with van der Waals surface area (Å²) in [5.74, 6) is -0.507. The largest absolute Gasteiger partial charge is 0.392 e. The van der Waals surface area contributed by atoms with E-state index in [1.54, 1.807) is 6.92 Å². The van der Waals surface area contributed by atoms with Crippen molar-refractivity contribution in [2.45, 2.75) is 18.6 Å². The van der Waals surface area contributed by atoms with Crippen molar-refractivity contribution in [3.63, 3.8) is 0 Å². The number of aryl methyl sites for hydroxylation is 1. The Kier molecular flexibility index (Phi) is 3.54. The van der Waals surface area contributed by atoms with Crippen molar-refractivity contribution in [2.24, 2.45) is 0 Å². The van der Waals surface area contributed by atoms with E-state index < -0.39 is 22.4 Å². The Bertz CT molecular complexity index is 697. The number of aliphatic hydroxyl groups is 1. The summed E-state index contributed by atoms with van der Waals surface area (Å²) in [5, 5.41) is 14.6. The van der Waals surface area contributed by atoms with Crippen LogP contribution in [0.4, 0.5) is 10.1 Å². The zero-order valence-electron chi connectivity index (χ0n) is 10.0. The number of aromatic amines is 1. The van der Waals surface area contributed by atoms with Gasteiger partial charge >= 0.3 is 0 Å². The number of benzene rings is 1. The molecule has 19 heavy (non-hydrogen) atoms. The van der Waals surface area contributed by atoms with Crippen LogP contribution in [-0.4, -0.2) is 23.7 Å². The van der Waals surface area contributed by atoms with Gasteiger partial charge in [0.2, 0.25) is 0 Å². The average Bonchev–Trinajstić information content (AvgIpc) is 2.82. The number of nitrogens with zero attached hydrogens (tertiary/aromatic N) is 1. The number of hydrogen-bond donors (Lipinski definition) is 3. The Hall–Kier alpha value is -1.93. The third kappa shape index (κ3) is 2.74. The number of nitrogens with one attached hydrogen (secondary N) is 2. The lowest BCUT2D eigenvalue weighted by Crippen LogP contribution is -2.15. The molecule has 0 saturated carbocycles. The second-order valence-electron chi connectivity index (χ2n) is 3.95. The van der Waals surface area contributed by atoms with Crippen molar-refractivity contribution in [3.8, 4) is 0 Å². The van der Waals surface area contributed by atoms with E-state index >= 15 is 0 Å². The minimum Gasteiger partial charge on any atom is -0.392 e. The lowest BCUT2D eigenvalue weighted by molar-refractivity contribution is 0.278. The fourth-order valence-electron chi connectivity index (χ4n) is 1.51.